The lowest BCUT2D eigenvalue weighted by molar-refractivity contribution is -0.137. The molecule has 182 valence electrons. The molecule has 2 saturated heterocycles. The van der Waals surface area contributed by atoms with Gasteiger partial charge in [0.05, 0.1) is 5.56 Å². The Balaban J connectivity index is 1.30. The average Bonchev–Trinajstić information content (AvgIpc) is 3.22. The molecule has 0 radical (unpaired) electrons. The zero-order valence-electron chi connectivity index (χ0n) is 19.4. The number of nitrogens with one attached hydrogen (secondary N) is 1. The number of alkyl halides is 3. The van der Waals surface area contributed by atoms with Gasteiger partial charge in [0, 0.05) is 57.2 Å². The molecule has 0 unspecified atom stereocenters. The van der Waals surface area contributed by atoms with Gasteiger partial charge in [-0.25, -0.2) is 4.79 Å². The highest BCUT2D eigenvalue weighted by Gasteiger charge is 2.43. The van der Waals surface area contributed by atoms with E-state index in [1.165, 1.54) is 12.1 Å². The van der Waals surface area contributed by atoms with Crippen molar-refractivity contribution in [1.82, 2.24) is 9.80 Å². The summed E-state index contributed by atoms with van der Waals surface area (Å²) in [4.78, 5) is 31.2. The predicted molar refractivity (Wildman–Crippen MR) is 125 cm³/mol. The summed E-state index contributed by atoms with van der Waals surface area (Å²) in [5.41, 5.74) is 1.27. The largest absolute Gasteiger partial charge is 0.416 e. The SMILES string of the molecule is CN(C)c1ccc(C(=O)N2CCC3(CCN(C(=O)Nc4ccc(C(F)(F)F)cc4)C3)CC2)cc1. The van der Waals surface area contributed by atoms with Gasteiger partial charge in [-0.05, 0) is 73.2 Å². The number of nitrogens with zero attached hydrogens (tertiary/aromatic N) is 3. The molecule has 9 heteroatoms. The molecule has 2 fully saturated rings. The van der Waals surface area contributed by atoms with Gasteiger partial charge >= 0.3 is 12.2 Å². The molecule has 0 saturated carbocycles. The van der Waals surface area contributed by atoms with E-state index in [0.717, 1.165) is 37.1 Å². The lowest BCUT2D eigenvalue weighted by atomic mass is 9.77. The second-order valence-electron chi connectivity index (χ2n) is 9.41. The van der Waals surface area contributed by atoms with Crippen LogP contribution < -0.4 is 10.2 Å². The van der Waals surface area contributed by atoms with Crippen LogP contribution in [0.5, 0.6) is 0 Å². The van der Waals surface area contributed by atoms with Crippen LogP contribution in [0.15, 0.2) is 48.5 Å². The maximum absolute atomic E-state index is 12.9. The van der Waals surface area contributed by atoms with Crippen molar-refractivity contribution >= 4 is 23.3 Å². The molecule has 0 atom stereocenters. The monoisotopic (exact) mass is 474 g/mol. The molecular weight excluding hydrogens is 445 g/mol. The predicted octanol–water partition coefficient (Wildman–Crippen LogP) is 4.93. The van der Waals surface area contributed by atoms with E-state index in [-0.39, 0.29) is 17.4 Å². The van der Waals surface area contributed by atoms with Gasteiger partial charge in [0.2, 0.25) is 0 Å². The topological polar surface area (TPSA) is 55.9 Å². The minimum atomic E-state index is -4.41. The van der Waals surface area contributed by atoms with E-state index >= 15 is 0 Å². The first-order valence-electron chi connectivity index (χ1n) is 11.4. The van der Waals surface area contributed by atoms with Gasteiger partial charge in [-0.2, -0.15) is 13.2 Å². The average molecular weight is 475 g/mol. The highest BCUT2D eigenvalue weighted by atomic mass is 19.4. The van der Waals surface area contributed by atoms with E-state index in [9.17, 15) is 22.8 Å². The molecule has 0 aromatic heterocycles. The molecule has 2 aromatic carbocycles. The molecule has 34 heavy (non-hydrogen) atoms. The summed E-state index contributed by atoms with van der Waals surface area (Å²) in [6.45, 7) is 2.46. The Morgan fingerprint density at radius 3 is 1.97 bits per heavy atom. The van der Waals surface area contributed by atoms with Crippen molar-refractivity contribution in [3.8, 4) is 0 Å². The summed E-state index contributed by atoms with van der Waals surface area (Å²) < 4.78 is 38.2. The van der Waals surface area contributed by atoms with Crippen LogP contribution >= 0.6 is 0 Å². The Morgan fingerprint density at radius 1 is 0.882 bits per heavy atom. The van der Waals surface area contributed by atoms with Crippen molar-refractivity contribution in [3.05, 3.63) is 59.7 Å². The van der Waals surface area contributed by atoms with E-state index in [1.807, 2.05) is 48.2 Å². The van der Waals surface area contributed by atoms with Gasteiger partial charge in [-0.15, -0.1) is 0 Å². The molecule has 6 nitrogen and oxygen atoms in total. The summed E-state index contributed by atoms with van der Waals surface area (Å²) in [6.07, 6.45) is -1.92. The van der Waals surface area contributed by atoms with Crippen LogP contribution in [0.1, 0.15) is 35.2 Å². The molecule has 2 aliphatic heterocycles. The maximum Gasteiger partial charge on any atom is 0.416 e. The Kier molecular flexibility index (Phi) is 6.47. The number of hydrogen-bond donors (Lipinski definition) is 1. The zero-order valence-corrected chi connectivity index (χ0v) is 19.4. The van der Waals surface area contributed by atoms with Gasteiger partial charge in [0.1, 0.15) is 0 Å². The van der Waals surface area contributed by atoms with E-state index < -0.39 is 11.7 Å². The minimum absolute atomic E-state index is 0.0232. The van der Waals surface area contributed by atoms with Crippen molar-refractivity contribution in [2.45, 2.75) is 25.4 Å². The van der Waals surface area contributed by atoms with Gasteiger partial charge in [-0.1, -0.05) is 0 Å². The van der Waals surface area contributed by atoms with Crippen molar-refractivity contribution in [1.29, 1.82) is 0 Å². The van der Waals surface area contributed by atoms with Gasteiger partial charge in [0.15, 0.2) is 0 Å². The molecular formula is C25H29F3N4O2. The number of benzene rings is 2. The Hall–Kier alpha value is -3.23. The number of urea groups is 1. The number of likely N-dealkylation sites (tertiary alicyclic amines) is 2. The Bertz CT molecular complexity index is 1030. The first-order chi connectivity index (χ1) is 16.1. The van der Waals surface area contributed by atoms with Crippen LogP contribution in [0.25, 0.3) is 0 Å². The van der Waals surface area contributed by atoms with Crippen LogP contribution in [0.3, 0.4) is 0 Å². The minimum Gasteiger partial charge on any atom is -0.378 e. The fraction of sp³-hybridized carbons (Fsp3) is 0.440. The molecule has 4 rings (SSSR count). The number of carbonyl (C=O) groups excluding carboxylic acids is 2. The van der Waals surface area contributed by atoms with E-state index in [2.05, 4.69) is 5.32 Å². The summed E-state index contributed by atoms with van der Waals surface area (Å²) >= 11 is 0. The van der Waals surface area contributed by atoms with Crippen molar-refractivity contribution < 1.29 is 22.8 Å². The van der Waals surface area contributed by atoms with Crippen molar-refractivity contribution in [3.63, 3.8) is 0 Å². The van der Waals surface area contributed by atoms with Crippen LogP contribution in [-0.2, 0) is 6.18 Å². The second kappa shape index (κ2) is 9.19. The number of amides is 3. The first kappa shape index (κ1) is 23.9. The number of anilines is 2. The Labute approximate surface area is 197 Å². The number of hydrogen-bond acceptors (Lipinski definition) is 3. The van der Waals surface area contributed by atoms with Crippen molar-refractivity contribution in [2.75, 3.05) is 50.5 Å². The van der Waals surface area contributed by atoms with Gasteiger partial charge in [0.25, 0.3) is 5.91 Å². The zero-order chi connectivity index (χ0) is 24.5. The second-order valence-corrected chi connectivity index (χ2v) is 9.41. The number of carbonyl (C=O) groups is 2. The van der Waals surface area contributed by atoms with Crippen LogP contribution in [0.4, 0.5) is 29.3 Å². The third kappa shape index (κ3) is 5.13. The third-order valence-corrected chi connectivity index (χ3v) is 6.93. The normalized spacial score (nSPS) is 17.7. The molecule has 3 amide bonds. The molecule has 0 aliphatic carbocycles. The summed E-state index contributed by atoms with van der Waals surface area (Å²) in [5, 5.41) is 2.70. The fourth-order valence-corrected chi connectivity index (χ4v) is 4.73. The smallest absolute Gasteiger partial charge is 0.378 e. The molecule has 1 spiro atoms. The standard InChI is InChI=1S/C25H29F3N4O2/c1-30(2)21-9-3-18(4-10-21)22(33)31-14-11-24(12-15-31)13-16-32(17-24)23(34)29-20-7-5-19(6-8-20)25(26,27)28/h3-10H,11-17H2,1-2H3,(H,29,34). The van der Waals surface area contributed by atoms with Crippen LogP contribution in [0, 0.1) is 5.41 Å². The number of piperidine rings is 1. The van der Waals surface area contributed by atoms with Gasteiger partial charge in [-0.3, -0.25) is 4.79 Å². The Morgan fingerprint density at radius 2 is 1.44 bits per heavy atom. The number of halogens is 3. The summed E-state index contributed by atoms with van der Waals surface area (Å²) in [6, 6.07) is 11.7. The van der Waals surface area contributed by atoms with E-state index in [1.54, 1.807) is 4.90 Å². The van der Waals surface area contributed by atoms with Gasteiger partial charge < -0.3 is 20.0 Å². The van der Waals surface area contributed by atoms with Crippen LogP contribution in [-0.4, -0.2) is 62.0 Å². The maximum atomic E-state index is 12.9. The molecule has 2 aliphatic rings. The van der Waals surface area contributed by atoms with Crippen molar-refractivity contribution in [2.24, 2.45) is 5.41 Å². The van der Waals surface area contributed by atoms with Crippen LogP contribution in [0.2, 0.25) is 0 Å². The van der Waals surface area contributed by atoms with E-state index in [0.29, 0.717) is 37.4 Å². The quantitative estimate of drug-likeness (QED) is 0.686. The first-order valence-corrected chi connectivity index (χ1v) is 11.4. The lowest BCUT2D eigenvalue weighted by Gasteiger charge is -2.39. The summed E-state index contributed by atoms with van der Waals surface area (Å²) in [5.74, 6) is 0.0232. The summed E-state index contributed by atoms with van der Waals surface area (Å²) in [7, 11) is 3.91. The fourth-order valence-electron chi connectivity index (χ4n) is 4.73. The molecule has 0 bridgehead atoms. The molecule has 1 N–H and O–H groups in total. The van der Waals surface area contributed by atoms with E-state index in [4.69, 9.17) is 0 Å². The highest BCUT2D eigenvalue weighted by molar-refractivity contribution is 5.94. The third-order valence-electron chi connectivity index (χ3n) is 6.93. The molecule has 2 heterocycles. The number of rotatable bonds is 3. The highest BCUT2D eigenvalue weighted by Crippen LogP contribution is 2.41. The molecule has 2 aromatic rings. The lowest BCUT2D eigenvalue weighted by Crippen LogP contribution is -2.45.